The second-order valence-corrected chi connectivity index (χ2v) is 6.59. The van der Waals surface area contributed by atoms with Crippen LogP contribution < -0.4 is 5.73 Å². The van der Waals surface area contributed by atoms with E-state index in [-0.39, 0.29) is 36.2 Å². The molecule has 3 N–H and O–H groups in total. The maximum absolute atomic E-state index is 12.4. The highest BCUT2D eigenvalue weighted by molar-refractivity contribution is 7.89. The second kappa shape index (κ2) is 5.35. The van der Waals surface area contributed by atoms with E-state index in [1.54, 1.807) is 0 Å². The Morgan fingerprint density at radius 3 is 2.75 bits per heavy atom. The van der Waals surface area contributed by atoms with Crippen molar-refractivity contribution < 1.29 is 18.4 Å². The maximum Gasteiger partial charge on any atom is 0.291 e. The number of nitro groups is 1. The molecule has 0 amide bonds. The van der Waals surface area contributed by atoms with Gasteiger partial charge in [0.25, 0.3) is 5.69 Å². The largest absolute Gasteiger partial charge is 0.399 e. The number of anilines is 1. The van der Waals surface area contributed by atoms with Gasteiger partial charge in [-0.3, -0.25) is 10.1 Å². The highest BCUT2D eigenvalue weighted by Gasteiger charge is 2.36. The normalized spacial score (nSPS) is 20.1. The zero-order valence-electron chi connectivity index (χ0n) is 10.6. The van der Waals surface area contributed by atoms with Crippen molar-refractivity contribution >= 4 is 21.4 Å². The van der Waals surface area contributed by atoms with Crippen molar-refractivity contribution in [3.63, 3.8) is 0 Å². The Hall–Kier alpha value is -1.71. The summed E-state index contributed by atoms with van der Waals surface area (Å²) in [6, 6.07) is 3.50. The van der Waals surface area contributed by atoms with Crippen molar-refractivity contribution in [2.75, 3.05) is 25.4 Å². The van der Waals surface area contributed by atoms with Gasteiger partial charge in [0.2, 0.25) is 10.0 Å². The van der Waals surface area contributed by atoms with E-state index in [1.807, 2.05) is 0 Å². The van der Waals surface area contributed by atoms with Gasteiger partial charge in [0.15, 0.2) is 4.90 Å². The summed E-state index contributed by atoms with van der Waals surface area (Å²) < 4.78 is 26.0. The van der Waals surface area contributed by atoms with Gasteiger partial charge in [-0.15, -0.1) is 0 Å². The van der Waals surface area contributed by atoms with Crippen LogP contribution in [0.15, 0.2) is 23.1 Å². The maximum atomic E-state index is 12.4. The Labute approximate surface area is 116 Å². The van der Waals surface area contributed by atoms with Gasteiger partial charge < -0.3 is 10.8 Å². The lowest BCUT2D eigenvalue weighted by Gasteiger charge is -2.16. The Balaban J connectivity index is 2.42. The average molecular weight is 301 g/mol. The number of rotatable bonds is 4. The van der Waals surface area contributed by atoms with E-state index >= 15 is 0 Å². The molecule has 0 saturated carbocycles. The first-order valence-electron chi connectivity index (χ1n) is 6.01. The number of nitro benzene ring substituents is 1. The molecule has 1 atom stereocenters. The van der Waals surface area contributed by atoms with E-state index < -0.39 is 20.6 Å². The number of hydrogen-bond acceptors (Lipinski definition) is 6. The molecule has 1 fully saturated rings. The first-order chi connectivity index (χ1) is 9.36. The fourth-order valence-corrected chi connectivity index (χ4v) is 3.87. The highest BCUT2D eigenvalue weighted by Crippen LogP contribution is 2.31. The van der Waals surface area contributed by atoms with Gasteiger partial charge in [-0.25, -0.2) is 8.42 Å². The predicted octanol–water partition coefficient (Wildman–Crippen LogP) is 0.180. The van der Waals surface area contributed by atoms with Gasteiger partial charge in [-0.05, 0) is 24.5 Å². The molecular weight excluding hydrogens is 286 g/mol. The number of nitrogen functional groups attached to an aromatic ring is 1. The summed E-state index contributed by atoms with van der Waals surface area (Å²) in [6.45, 7) is 0.311. The summed E-state index contributed by atoms with van der Waals surface area (Å²) in [4.78, 5) is 9.86. The van der Waals surface area contributed by atoms with Crippen LogP contribution in [0.4, 0.5) is 11.4 Å². The molecule has 1 aliphatic rings. The van der Waals surface area contributed by atoms with E-state index in [0.717, 1.165) is 16.4 Å². The minimum Gasteiger partial charge on any atom is -0.399 e. The summed E-state index contributed by atoms with van der Waals surface area (Å²) in [7, 11) is -3.95. The molecule has 1 aliphatic heterocycles. The molecule has 1 saturated heterocycles. The van der Waals surface area contributed by atoms with Crippen molar-refractivity contribution in [2.24, 2.45) is 5.92 Å². The van der Waals surface area contributed by atoms with Crippen LogP contribution in [0.1, 0.15) is 6.42 Å². The molecule has 110 valence electrons. The quantitative estimate of drug-likeness (QED) is 0.464. The third-order valence-corrected chi connectivity index (χ3v) is 5.22. The van der Waals surface area contributed by atoms with Gasteiger partial charge in [0.1, 0.15) is 0 Å². The fraction of sp³-hybridized carbons (Fsp3) is 0.455. The zero-order valence-corrected chi connectivity index (χ0v) is 11.4. The first-order valence-corrected chi connectivity index (χ1v) is 7.45. The molecule has 1 aromatic rings. The minimum absolute atomic E-state index is 0.101. The second-order valence-electron chi connectivity index (χ2n) is 4.68. The van der Waals surface area contributed by atoms with E-state index in [9.17, 15) is 18.5 Å². The van der Waals surface area contributed by atoms with Crippen LogP contribution in [-0.4, -0.2) is 42.4 Å². The molecule has 1 unspecified atom stereocenters. The first kappa shape index (κ1) is 14.7. The number of aliphatic hydroxyl groups is 1. The van der Waals surface area contributed by atoms with Crippen LogP contribution >= 0.6 is 0 Å². The summed E-state index contributed by atoms with van der Waals surface area (Å²) in [5.41, 5.74) is 5.06. The molecule has 0 spiro atoms. The van der Waals surface area contributed by atoms with Crippen molar-refractivity contribution in [2.45, 2.75) is 11.3 Å². The van der Waals surface area contributed by atoms with Crippen molar-refractivity contribution in [3.05, 3.63) is 28.3 Å². The van der Waals surface area contributed by atoms with Gasteiger partial charge in [-0.1, -0.05) is 0 Å². The number of hydrogen-bond donors (Lipinski definition) is 2. The SMILES string of the molecule is Nc1ccc(S(=O)(=O)N2CCC(CO)C2)c([N+](=O)[O-])c1. The number of benzene rings is 1. The van der Waals surface area contributed by atoms with E-state index in [1.165, 1.54) is 6.07 Å². The number of nitrogens with two attached hydrogens (primary N) is 1. The van der Waals surface area contributed by atoms with Crippen LogP contribution in [0, 0.1) is 16.0 Å². The molecule has 0 aromatic heterocycles. The van der Waals surface area contributed by atoms with Gasteiger partial charge in [0, 0.05) is 31.5 Å². The van der Waals surface area contributed by atoms with Crippen LogP contribution in [0.3, 0.4) is 0 Å². The minimum atomic E-state index is -3.95. The number of nitrogens with zero attached hydrogens (tertiary/aromatic N) is 2. The Kier molecular flexibility index (Phi) is 3.93. The van der Waals surface area contributed by atoms with Crippen molar-refractivity contribution in [1.82, 2.24) is 4.31 Å². The molecule has 9 heteroatoms. The molecule has 0 bridgehead atoms. The Morgan fingerprint density at radius 1 is 1.50 bits per heavy atom. The third kappa shape index (κ3) is 2.60. The molecule has 2 rings (SSSR count). The summed E-state index contributed by atoms with van der Waals surface area (Å²) >= 11 is 0. The predicted molar refractivity (Wildman–Crippen MR) is 71.5 cm³/mol. The average Bonchev–Trinajstić information content (AvgIpc) is 2.87. The van der Waals surface area contributed by atoms with Crippen LogP contribution in [0.5, 0.6) is 0 Å². The molecule has 0 aliphatic carbocycles. The van der Waals surface area contributed by atoms with Crippen molar-refractivity contribution in [1.29, 1.82) is 0 Å². The number of sulfonamides is 1. The zero-order chi connectivity index (χ0) is 14.9. The smallest absolute Gasteiger partial charge is 0.291 e. The highest BCUT2D eigenvalue weighted by atomic mass is 32.2. The lowest BCUT2D eigenvalue weighted by atomic mass is 10.1. The van der Waals surface area contributed by atoms with Crippen molar-refractivity contribution in [3.8, 4) is 0 Å². The molecule has 1 aromatic carbocycles. The summed E-state index contributed by atoms with van der Waals surface area (Å²) in [5, 5.41) is 20.0. The summed E-state index contributed by atoms with van der Waals surface area (Å²) in [5.74, 6) is -0.127. The molecule has 20 heavy (non-hydrogen) atoms. The number of aliphatic hydroxyl groups excluding tert-OH is 1. The molecule has 0 radical (unpaired) electrons. The van der Waals surface area contributed by atoms with Crippen LogP contribution in [0.2, 0.25) is 0 Å². The molecule has 8 nitrogen and oxygen atoms in total. The fourth-order valence-electron chi connectivity index (χ4n) is 2.20. The van der Waals surface area contributed by atoms with E-state index in [2.05, 4.69) is 0 Å². The van der Waals surface area contributed by atoms with E-state index in [0.29, 0.717) is 6.42 Å². The topological polar surface area (TPSA) is 127 Å². The van der Waals surface area contributed by atoms with Gasteiger partial charge in [-0.2, -0.15) is 4.31 Å². The van der Waals surface area contributed by atoms with Crippen LogP contribution in [-0.2, 0) is 10.0 Å². The third-order valence-electron chi connectivity index (χ3n) is 3.30. The Bertz CT molecular complexity index is 631. The molecular formula is C11H15N3O5S. The monoisotopic (exact) mass is 301 g/mol. The van der Waals surface area contributed by atoms with Crippen LogP contribution in [0.25, 0.3) is 0 Å². The van der Waals surface area contributed by atoms with Gasteiger partial charge >= 0.3 is 0 Å². The molecule has 1 heterocycles. The summed E-state index contributed by atoms with van der Waals surface area (Å²) in [6.07, 6.45) is 0.540. The Morgan fingerprint density at radius 2 is 2.20 bits per heavy atom. The van der Waals surface area contributed by atoms with Gasteiger partial charge in [0.05, 0.1) is 4.92 Å². The standard InChI is InChI=1S/C11H15N3O5S/c12-9-1-2-11(10(5-9)14(16)17)20(18,19)13-4-3-8(6-13)7-15/h1-2,5,8,15H,3-4,6-7,12H2. The van der Waals surface area contributed by atoms with E-state index in [4.69, 9.17) is 10.8 Å². The lowest BCUT2D eigenvalue weighted by molar-refractivity contribution is -0.387. The lowest BCUT2D eigenvalue weighted by Crippen LogP contribution is -2.29.